The van der Waals surface area contributed by atoms with Crippen molar-refractivity contribution in [3.05, 3.63) is 108 Å². The van der Waals surface area contributed by atoms with Crippen molar-refractivity contribution in [2.24, 2.45) is 0 Å². The van der Waals surface area contributed by atoms with Crippen molar-refractivity contribution in [1.82, 2.24) is 0 Å². The number of benzene rings is 4. The van der Waals surface area contributed by atoms with Gasteiger partial charge in [-0.25, -0.2) is 0 Å². The standard InChI is InChI=1S/C26H20/c1-18-9-7-14-22(19-10-3-2-4-11-19)26(18)24-16-8-15-23-21-13-6-5-12-20(21)17-25(23)24/h2-16H,17H2,1H3. The van der Waals surface area contributed by atoms with Crippen molar-refractivity contribution < 1.29 is 0 Å². The maximum atomic E-state index is 2.29. The van der Waals surface area contributed by atoms with Gasteiger partial charge in [0.25, 0.3) is 0 Å². The van der Waals surface area contributed by atoms with Gasteiger partial charge >= 0.3 is 0 Å². The molecule has 4 aromatic rings. The molecule has 4 aromatic carbocycles. The molecule has 1 aliphatic carbocycles. The average molecular weight is 332 g/mol. The Kier molecular flexibility index (Phi) is 3.50. The van der Waals surface area contributed by atoms with Crippen LogP contribution in [-0.2, 0) is 6.42 Å². The Morgan fingerprint density at radius 2 is 1.19 bits per heavy atom. The zero-order valence-corrected chi connectivity index (χ0v) is 14.9. The van der Waals surface area contributed by atoms with Crippen LogP contribution in [0.25, 0.3) is 33.4 Å². The molecule has 0 atom stereocenters. The third kappa shape index (κ3) is 2.30. The van der Waals surface area contributed by atoms with E-state index in [2.05, 4.69) is 97.9 Å². The molecule has 0 aromatic heterocycles. The van der Waals surface area contributed by atoms with E-state index in [4.69, 9.17) is 0 Å². The Bertz CT molecular complexity index is 1100. The molecule has 0 fully saturated rings. The molecular weight excluding hydrogens is 312 g/mol. The smallest absolute Gasteiger partial charge is 0.000728 e. The second-order valence-corrected chi connectivity index (χ2v) is 7.03. The topological polar surface area (TPSA) is 0 Å². The molecule has 5 rings (SSSR count). The molecule has 0 nitrogen and oxygen atoms in total. The molecule has 0 amide bonds. The predicted octanol–water partition coefficient (Wildman–Crippen LogP) is 6.90. The summed E-state index contributed by atoms with van der Waals surface area (Å²) in [5.41, 5.74) is 12.3. The summed E-state index contributed by atoms with van der Waals surface area (Å²) in [6.45, 7) is 2.23. The normalized spacial score (nSPS) is 11.9. The first-order valence-electron chi connectivity index (χ1n) is 9.18. The maximum absolute atomic E-state index is 2.29. The van der Waals surface area contributed by atoms with Gasteiger partial charge < -0.3 is 0 Å². The third-order valence-electron chi connectivity index (χ3n) is 5.48. The summed E-state index contributed by atoms with van der Waals surface area (Å²) < 4.78 is 0. The van der Waals surface area contributed by atoms with Gasteiger partial charge in [0.15, 0.2) is 0 Å². The van der Waals surface area contributed by atoms with E-state index in [0.29, 0.717) is 0 Å². The van der Waals surface area contributed by atoms with Crippen LogP contribution in [0.2, 0.25) is 0 Å². The molecule has 124 valence electrons. The van der Waals surface area contributed by atoms with Crippen molar-refractivity contribution in [2.75, 3.05) is 0 Å². The van der Waals surface area contributed by atoms with E-state index in [-0.39, 0.29) is 0 Å². The van der Waals surface area contributed by atoms with Gasteiger partial charge in [0.2, 0.25) is 0 Å². The van der Waals surface area contributed by atoms with Gasteiger partial charge in [-0.2, -0.15) is 0 Å². The van der Waals surface area contributed by atoms with E-state index < -0.39 is 0 Å². The van der Waals surface area contributed by atoms with Crippen LogP contribution < -0.4 is 0 Å². The molecule has 26 heavy (non-hydrogen) atoms. The quantitative estimate of drug-likeness (QED) is 0.330. The number of aryl methyl sites for hydroxylation is 1. The summed E-state index contributed by atoms with van der Waals surface area (Å²) in [5, 5.41) is 0. The minimum absolute atomic E-state index is 1.02. The van der Waals surface area contributed by atoms with Crippen molar-refractivity contribution in [3.8, 4) is 33.4 Å². The Hall–Kier alpha value is -3.12. The van der Waals surface area contributed by atoms with Gasteiger partial charge in [-0.15, -0.1) is 0 Å². The zero-order valence-electron chi connectivity index (χ0n) is 14.9. The highest BCUT2D eigenvalue weighted by Gasteiger charge is 2.22. The largest absolute Gasteiger partial charge is 0.0622 e. The van der Waals surface area contributed by atoms with Crippen LogP contribution in [0.3, 0.4) is 0 Å². The molecule has 0 radical (unpaired) electrons. The number of hydrogen-bond acceptors (Lipinski definition) is 0. The fourth-order valence-corrected chi connectivity index (χ4v) is 4.28. The summed E-state index contributed by atoms with van der Waals surface area (Å²) in [6.07, 6.45) is 1.02. The molecule has 0 spiro atoms. The fourth-order valence-electron chi connectivity index (χ4n) is 4.28. The Morgan fingerprint density at radius 1 is 0.538 bits per heavy atom. The van der Waals surface area contributed by atoms with E-state index in [1.807, 2.05) is 0 Å². The van der Waals surface area contributed by atoms with Crippen LogP contribution in [0.1, 0.15) is 16.7 Å². The summed E-state index contributed by atoms with van der Waals surface area (Å²) >= 11 is 0. The molecule has 0 N–H and O–H groups in total. The van der Waals surface area contributed by atoms with E-state index in [0.717, 1.165) is 6.42 Å². The first-order chi connectivity index (χ1) is 12.8. The van der Waals surface area contributed by atoms with Crippen LogP contribution in [0.15, 0.2) is 91.0 Å². The van der Waals surface area contributed by atoms with Crippen LogP contribution in [0.4, 0.5) is 0 Å². The molecule has 0 heterocycles. The van der Waals surface area contributed by atoms with Crippen LogP contribution >= 0.6 is 0 Å². The van der Waals surface area contributed by atoms with Gasteiger partial charge in [0.05, 0.1) is 0 Å². The second kappa shape index (κ2) is 6.00. The average Bonchev–Trinajstić information content (AvgIpc) is 3.07. The van der Waals surface area contributed by atoms with E-state index in [1.54, 1.807) is 0 Å². The van der Waals surface area contributed by atoms with Crippen molar-refractivity contribution in [2.45, 2.75) is 13.3 Å². The Morgan fingerprint density at radius 3 is 2.08 bits per heavy atom. The van der Waals surface area contributed by atoms with Crippen LogP contribution in [0, 0.1) is 6.92 Å². The molecule has 1 aliphatic rings. The first-order valence-corrected chi connectivity index (χ1v) is 9.18. The van der Waals surface area contributed by atoms with Gasteiger partial charge in [-0.1, -0.05) is 91.0 Å². The minimum Gasteiger partial charge on any atom is -0.0622 e. The highest BCUT2D eigenvalue weighted by atomic mass is 14.3. The lowest BCUT2D eigenvalue weighted by atomic mass is 9.87. The highest BCUT2D eigenvalue weighted by molar-refractivity contribution is 5.92. The Labute approximate surface area is 154 Å². The van der Waals surface area contributed by atoms with Crippen molar-refractivity contribution in [3.63, 3.8) is 0 Å². The molecule has 0 saturated carbocycles. The molecule has 0 aliphatic heterocycles. The van der Waals surface area contributed by atoms with E-state index in [9.17, 15) is 0 Å². The number of rotatable bonds is 2. The fraction of sp³-hybridized carbons (Fsp3) is 0.0769. The minimum atomic E-state index is 1.02. The van der Waals surface area contributed by atoms with Crippen LogP contribution in [-0.4, -0.2) is 0 Å². The van der Waals surface area contributed by atoms with Crippen LogP contribution in [0.5, 0.6) is 0 Å². The lowest BCUT2D eigenvalue weighted by molar-refractivity contribution is 1.26. The maximum Gasteiger partial charge on any atom is -0.000728 e. The monoisotopic (exact) mass is 332 g/mol. The SMILES string of the molecule is Cc1cccc(-c2ccccc2)c1-c1cccc2c1Cc1ccccc1-2. The van der Waals surface area contributed by atoms with Crippen molar-refractivity contribution in [1.29, 1.82) is 0 Å². The zero-order chi connectivity index (χ0) is 17.5. The number of fused-ring (bicyclic) bond motifs is 3. The lowest BCUT2D eigenvalue weighted by Crippen LogP contribution is -1.94. The molecule has 0 unspecified atom stereocenters. The molecule has 0 heteroatoms. The number of hydrogen-bond donors (Lipinski definition) is 0. The van der Waals surface area contributed by atoms with Gasteiger partial charge in [0, 0.05) is 0 Å². The van der Waals surface area contributed by atoms with Gasteiger partial charge in [0.1, 0.15) is 0 Å². The Balaban J connectivity index is 1.77. The van der Waals surface area contributed by atoms with Gasteiger partial charge in [-0.05, 0) is 63.4 Å². The summed E-state index contributed by atoms with van der Waals surface area (Å²) in [7, 11) is 0. The summed E-state index contributed by atoms with van der Waals surface area (Å²) in [5.74, 6) is 0. The first kappa shape index (κ1) is 15.2. The van der Waals surface area contributed by atoms with Crippen molar-refractivity contribution >= 4 is 0 Å². The molecular formula is C26H20. The third-order valence-corrected chi connectivity index (χ3v) is 5.48. The highest BCUT2D eigenvalue weighted by Crippen LogP contribution is 2.44. The lowest BCUT2D eigenvalue weighted by Gasteiger charge is -2.17. The second-order valence-electron chi connectivity index (χ2n) is 7.03. The summed E-state index contributed by atoms with van der Waals surface area (Å²) in [4.78, 5) is 0. The molecule has 0 bridgehead atoms. The van der Waals surface area contributed by atoms with E-state index >= 15 is 0 Å². The van der Waals surface area contributed by atoms with Gasteiger partial charge in [-0.3, -0.25) is 0 Å². The predicted molar refractivity (Wildman–Crippen MR) is 110 cm³/mol. The van der Waals surface area contributed by atoms with E-state index in [1.165, 1.54) is 50.1 Å². The summed E-state index contributed by atoms with van der Waals surface area (Å²) in [6, 6.07) is 32.9. The molecule has 0 saturated heterocycles.